The number of aryl methyl sites for hydroxylation is 1. The van der Waals surface area contributed by atoms with Crippen LogP contribution in [0.4, 0.5) is 0 Å². The van der Waals surface area contributed by atoms with E-state index in [4.69, 9.17) is 9.84 Å². The molecule has 0 fully saturated rings. The third kappa shape index (κ3) is 2.13. The van der Waals surface area contributed by atoms with Crippen LogP contribution in [0.1, 0.15) is 35.1 Å². The lowest BCUT2D eigenvalue weighted by molar-refractivity contribution is -0.138. The van der Waals surface area contributed by atoms with Gasteiger partial charge < -0.3 is 9.84 Å². The molecule has 1 atom stereocenters. The van der Waals surface area contributed by atoms with Crippen LogP contribution in [-0.2, 0) is 11.2 Å². The summed E-state index contributed by atoms with van der Waals surface area (Å²) in [5.41, 5.74) is 3.93. The normalized spacial score (nSPS) is 13.9. The fourth-order valence-corrected chi connectivity index (χ4v) is 2.39. The van der Waals surface area contributed by atoms with Crippen molar-refractivity contribution >= 4 is 5.97 Å². The molecule has 0 radical (unpaired) electrons. The first-order chi connectivity index (χ1) is 9.54. The fraction of sp³-hybridized carbons (Fsp3) is 0.250. The van der Waals surface area contributed by atoms with Crippen LogP contribution >= 0.6 is 0 Å². The highest BCUT2D eigenvalue weighted by Crippen LogP contribution is 2.36. The second-order valence-electron chi connectivity index (χ2n) is 5.18. The van der Waals surface area contributed by atoms with E-state index in [1.54, 1.807) is 19.2 Å². The topological polar surface area (TPSA) is 59.4 Å². The lowest BCUT2D eigenvalue weighted by Gasteiger charge is -2.20. The molecule has 1 aromatic carbocycles. The van der Waals surface area contributed by atoms with Crippen LogP contribution < -0.4 is 4.74 Å². The lowest BCUT2D eigenvalue weighted by Crippen LogP contribution is -2.10. The molecular weight excluding hydrogens is 254 g/mol. The molecule has 102 valence electrons. The van der Waals surface area contributed by atoms with Gasteiger partial charge in [0, 0.05) is 18.2 Å². The molecule has 4 nitrogen and oxygen atoms in total. The number of benzene rings is 1. The van der Waals surface area contributed by atoms with Crippen LogP contribution in [0.3, 0.4) is 0 Å². The molecule has 1 aromatic heterocycles. The molecule has 0 saturated carbocycles. The highest BCUT2D eigenvalue weighted by atomic mass is 16.5. The summed E-state index contributed by atoms with van der Waals surface area (Å²) < 4.78 is 5.77. The van der Waals surface area contributed by atoms with Gasteiger partial charge in [-0.1, -0.05) is 12.1 Å². The van der Waals surface area contributed by atoms with Crippen molar-refractivity contribution in [3.63, 3.8) is 0 Å². The number of carboxylic acids is 1. The molecule has 4 heteroatoms. The maximum atomic E-state index is 11.1. The number of rotatable bonds is 2. The number of hydrogen-bond acceptors (Lipinski definition) is 3. The van der Waals surface area contributed by atoms with Crippen LogP contribution in [0.2, 0.25) is 0 Å². The van der Waals surface area contributed by atoms with Gasteiger partial charge in [-0.3, -0.25) is 4.79 Å². The first kappa shape index (κ1) is 12.7. The summed E-state index contributed by atoms with van der Waals surface area (Å²) in [4.78, 5) is 15.4. The van der Waals surface area contributed by atoms with E-state index in [0.29, 0.717) is 5.88 Å². The minimum Gasteiger partial charge on any atom is -0.481 e. The number of carboxylic acid groups (broad SMARTS) is 1. The van der Waals surface area contributed by atoms with Crippen molar-refractivity contribution in [3.8, 4) is 11.6 Å². The number of nitrogens with zero attached hydrogens (tertiary/aromatic N) is 1. The van der Waals surface area contributed by atoms with E-state index in [-0.39, 0.29) is 0 Å². The Balaban J connectivity index is 1.99. The van der Waals surface area contributed by atoms with Gasteiger partial charge in [-0.25, -0.2) is 4.98 Å². The molecule has 0 bridgehead atoms. The van der Waals surface area contributed by atoms with E-state index < -0.39 is 11.9 Å². The summed E-state index contributed by atoms with van der Waals surface area (Å²) in [6, 6.07) is 7.60. The van der Waals surface area contributed by atoms with Crippen LogP contribution in [0.15, 0.2) is 30.5 Å². The summed E-state index contributed by atoms with van der Waals surface area (Å²) in [6.45, 7) is 3.68. The number of aliphatic carboxylic acids is 1. The van der Waals surface area contributed by atoms with Crippen molar-refractivity contribution in [2.75, 3.05) is 0 Å². The first-order valence-corrected chi connectivity index (χ1v) is 6.53. The zero-order valence-corrected chi connectivity index (χ0v) is 11.4. The van der Waals surface area contributed by atoms with E-state index in [0.717, 1.165) is 34.4 Å². The molecule has 1 unspecified atom stereocenters. The molecule has 0 amide bonds. The SMILES string of the molecule is Cc1cnc2c(c1)Cc1cc(C(C)C(=O)O)ccc1O2. The maximum Gasteiger partial charge on any atom is 0.310 e. The van der Waals surface area contributed by atoms with Crippen LogP contribution in [0.25, 0.3) is 0 Å². The van der Waals surface area contributed by atoms with Crippen molar-refractivity contribution in [1.82, 2.24) is 4.98 Å². The lowest BCUT2D eigenvalue weighted by atomic mass is 9.94. The molecule has 1 aliphatic rings. The van der Waals surface area contributed by atoms with Crippen molar-refractivity contribution in [2.24, 2.45) is 0 Å². The van der Waals surface area contributed by atoms with Gasteiger partial charge >= 0.3 is 5.97 Å². The molecule has 0 saturated heterocycles. The summed E-state index contributed by atoms with van der Waals surface area (Å²) >= 11 is 0. The van der Waals surface area contributed by atoms with Crippen molar-refractivity contribution in [2.45, 2.75) is 26.2 Å². The molecule has 2 heterocycles. The van der Waals surface area contributed by atoms with Crippen LogP contribution in [-0.4, -0.2) is 16.1 Å². The molecule has 1 aliphatic heterocycles. The van der Waals surface area contributed by atoms with Gasteiger partial charge in [0.05, 0.1) is 5.92 Å². The molecule has 2 aromatic rings. The second kappa shape index (κ2) is 4.63. The Morgan fingerprint density at radius 3 is 2.90 bits per heavy atom. The van der Waals surface area contributed by atoms with E-state index >= 15 is 0 Å². The molecule has 0 spiro atoms. The van der Waals surface area contributed by atoms with Crippen LogP contribution in [0.5, 0.6) is 11.6 Å². The second-order valence-corrected chi connectivity index (χ2v) is 5.18. The van der Waals surface area contributed by atoms with Gasteiger partial charge in [0.2, 0.25) is 5.88 Å². The number of fused-ring (bicyclic) bond motifs is 2. The number of ether oxygens (including phenoxy) is 1. The molecule has 3 rings (SSSR count). The van der Waals surface area contributed by atoms with Gasteiger partial charge in [0.15, 0.2) is 0 Å². The third-order valence-corrected chi connectivity index (χ3v) is 3.60. The summed E-state index contributed by atoms with van der Waals surface area (Å²) in [7, 11) is 0. The van der Waals surface area contributed by atoms with Crippen molar-refractivity contribution in [1.29, 1.82) is 0 Å². The number of hydrogen-bond donors (Lipinski definition) is 1. The Kier molecular flexibility index (Phi) is 2.93. The van der Waals surface area contributed by atoms with Gasteiger partial charge in [0.1, 0.15) is 5.75 Å². The predicted molar refractivity (Wildman–Crippen MR) is 74.3 cm³/mol. The highest BCUT2D eigenvalue weighted by Gasteiger charge is 2.21. The smallest absolute Gasteiger partial charge is 0.310 e. The number of pyridine rings is 1. The number of aromatic nitrogens is 1. The van der Waals surface area contributed by atoms with Gasteiger partial charge in [0.25, 0.3) is 0 Å². The number of carbonyl (C=O) groups is 1. The summed E-state index contributed by atoms with van der Waals surface area (Å²) in [6.07, 6.45) is 2.50. The minimum absolute atomic E-state index is 0.516. The monoisotopic (exact) mass is 269 g/mol. The zero-order chi connectivity index (χ0) is 14.3. The Morgan fingerprint density at radius 2 is 2.15 bits per heavy atom. The molecule has 0 aliphatic carbocycles. The minimum atomic E-state index is -0.820. The fourth-order valence-electron chi connectivity index (χ4n) is 2.39. The van der Waals surface area contributed by atoms with Gasteiger partial charge in [-0.2, -0.15) is 0 Å². The summed E-state index contributed by atoms with van der Waals surface area (Å²) in [5.74, 6) is 0.0641. The first-order valence-electron chi connectivity index (χ1n) is 6.53. The Morgan fingerprint density at radius 1 is 1.35 bits per heavy atom. The quantitative estimate of drug-likeness (QED) is 0.775. The standard InChI is InChI=1S/C16H15NO3/c1-9-5-13-7-12-6-11(10(2)16(18)19)3-4-14(12)20-15(13)17-8-9/h3-6,8,10H,7H2,1-2H3,(H,18,19). The van der Waals surface area contributed by atoms with Crippen molar-refractivity contribution in [3.05, 3.63) is 52.7 Å². The molecule has 20 heavy (non-hydrogen) atoms. The Bertz CT molecular complexity index is 694. The molecular formula is C16H15NO3. The van der Waals surface area contributed by atoms with Crippen molar-refractivity contribution < 1.29 is 14.6 Å². The van der Waals surface area contributed by atoms with E-state index in [1.165, 1.54) is 0 Å². The Hall–Kier alpha value is -2.36. The largest absolute Gasteiger partial charge is 0.481 e. The zero-order valence-electron chi connectivity index (χ0n) is 11.4. The van der Waals surface area contributed by atoms with E-state index in [9.17, 15) is 4.79 Å². The average Bonchev–Trinajstić information content (AvgIpc) is 2.43. The highest BCUT2D eigenvalue weighted by molar-refractivity contribution is 5.75. The Labute approximate surface area is 117 Å². The average molecular weight is 269 g/mol. The molecule has 1 N–H and O–H groups in total. The summed E-state index contributed by atoms with van der Waals surface area (Å²) in [5, 5.41) is 9.09. The van der Waals surface area contributed by atoms with E-state index in [2.05, 4.69) is 11.1 Å². The van der Waals surface area contributed by atoms with Gasteiger partial charge in [-0.05, 0) is 42.7 Å². The van der Waals surface area contributed by atoms with E-state index in [1.807, 2.05) is 19.1 Å². The van der Waals surface area contributed by atoms with Gasteiger partial charge in [-0.15, -0.1) is 0 Å². The third-order valence-electron chi connectivity index (χ3n) is 3.60. The maximum absolute atomic E-state index is 11.1. The predicted octanol–water partition coefficient (Wildman–Crippen LogP) is 3.27. The van der Waals surface area contributed by atoms with Crippen LogP contribution in [0, 0.1) is 6.92 Å².